The second kappa shape index (κ2) is 10.3. The van der Waals surface area contributed by atoms with Crippen LogP contribution in [0.25, 0.3) is 11.3 Å². The van der Waals surface area contributed by atoms with Crippen LogP contribution in [0, 0.1) is 18.6 Å². The van der Waals surface area contributed by atoms with Crippen LogP contribution in [0.2, 0.25) is 0 Å². The van der Waals surface area contributed by atoms with Crippen molar-refractivity contribution in [3.63, 3.8) is 0 Å². The number of anilines is 1. The molecule has 5 rings (SSSR count). The van der Waals surface area contributed by atoms with Gasteiger partial charge in [-0.25, -0.2) is 8.78 Å². The van der Waals surface area contributed by atoms with Gasteiger partial charge in [0.15, 0.2) is 0 Å². The molecule has 5 nitrogen and oxygen atoms in total. The summed E-state index contributed by atoms with van der Waals surface area (Å²) in [6.07, 6.45) is 3.56. The van der Waals surface area contributed by atoms with Gasteiger partial charge in [0.05, 0.1) is 23.6 Å². The fraction of sp³-hybridized carbons (Fsp3) is 0.231. The first-order chi connectivity index (χ1) is 16.1. The molecule has 2 aromatic heterocycles. The van der Waals surface area contributed by atoms with Crippen molar-refractivity contribution < 1.29 is 8.78 Å². The maximum atomic E-state index is 14.5. The minimum absolute atomic E-state index is 0. The van der Waals surface area contributed by atoms with Crippen LogP contribution in [0.5, 0.6) is 0 Å². The van der Waals surface area contributed by atoms with E-state index in [9.17, 15) is 8.78 Å². The first-order valence-corrected chi connectivity index (χ1v) is 11.1. The molecule has 8 heteroatoms. The third kappa shape index (κ3) is 4.67. The number of aryl methyl sites for hydroxylation is 1. The summed E-state index contributed by atoms with van der Waals surface area (Å²) in [5.74, 6) is -0.522. The van der Waals surface area contributed by atoms with Crippen LogP contribution >= 0.6 is 12.4 Å². The fourth-order valence-electron chi connectivity index (χ4n) is 4.60. The number of nitrogens with one attached hydrogen (secondary N) is 1. The van der Waals surface area contributed by atoms with Crippen molar-refractivity contribution in [1.82, 2.24) is 20.1 Å². The van der Waals surface area contributed by atoms with Gasteiger partial charge >= 0.3 is 0 Å². The fourth-order valence-corrected chi connectivity index (χ4v) is 4.60. The van der Waals surface area contributed by atoms with Crippen molar-refractivity contribution in [2.75, 3.05) is 31.1 Å². The van der Waals surface area contributed by atoms with Gasteiger partial charge in [-0.15, -0.1) is 12.4 Å². The molecule has 1 atom stereocenters. The molecule has 4 aromatic rings. The van der Waals surface area contributed by atoms with E-state index in [4.69, 9.17) is 0 Å². The molecule has 0 aliphatic carbocycles. The van der Waals surface area contributed by atoms with Gasteiger partial charge in [-0.05, 0) is 48.9 Å². The highest BCUT2D eigenvalue weighted by atomic mass is 35.5. The third-order valence-electron chi connectivity index (χ3n) is 6.28. The Labute approximate surface area is 203 Å². The monoisotopic (exact) mass is 481 g/mol. The van der Waals surface area contributed by atoms with E-state index >= 15 is 0 Å². The number of aromatic amines is 1. The number of pyridine rings is 1. The number of halogens is 3. The second-order valence-electron chi connectivity index (χ2n) is 8.28. The Hall–Kier alpha value is -3.29. The van der Waals surface area contributed by atoms with Crippen molar-refractivity contribution in [3.8, 4) is 11.3 Å². The van der Waals surface area contributed by atoms with E-state index in [1.807, 2.05) is 43.5 Å². The Morgan fingerprint density at radius 2 is 1.65 bits per heavy atom. The highest BCUT2D eigenvalue weighted by molar-refractivity contribution is 5.85. The average molecular weight is 482 g/mol. The van der Waals surface area contributed by atoms with Crippen LogP contribution in [0.3, 0.4) is 0 Å². The summed E-state index contributed by atoms with van der Waals surface area (Å²) >= 11 is 0. The van der Waals surface area contributed by atoms with Crippen molar-refractivity contribution in [1.29, 1.82) is 0 Å². The predicted molar refractivity (Wildman–Crippen MR) is 132 cm³/mol. The van der Waals surface area contributed by atoms with E-state index in [-0.39, 0.29) is 30.1 Å². The molecule has 1 fully saturated rings. The van der Waals surface area contributed by atoms with Crippen LogP contribution < -0.4 is 4.90 Å². The summed E-state index contributed by atoms with van der Waals surface area (Å²) in [6, 6.07) is 17.3. The smallest absolute Gasteiger partial charge is 0.132 e. The van der Waals surface area contributed by atoms with E-state index < -0.39 is 0 Å². The van der Waals surface area contributed by atoms with Gasteiger partial charge in [0.1, 0.15) is 11.6 Å². The van der Waals surface area contributed by atoms with Crippen molar-refractivity contribution >= 4 is 18.1 Å². The molecule has 0 amide bonds. The summed E-state index contributed by atoms with van der Waals surface area (Å²) in [5, 5.41) is 7.25. The lowest BCUT2D eigenvalue weighted by Crippen LogP contribution is -2.48. The van der Waals surface area contributed by atoms with Crippen LogP contribution in [0.15, 0.2) is 73.1 Å². The number of piperazine rings is 1. The molecule has 3 heterocycles. The molecule has 0 saturated carbocycles. The molecular weight excluding hydrogens is 456 g/mol. The molecule has 176 valence electrons. The van der Waals surface area contributed by atoms with E-state index in [2.05, 4.69) is 25.0 Å². The molecule has 0 spiro atoms. The Bertz CT molecular complexity index is 1240. The quantitative estimate of drug-likeness (QED) is 0.415. The zero-order valence-corrected chi connectivity index (χ0v) is 19.6. The van der Waals surface area contributed by atoms with E-state index in [0.717, 1.165) is 48.7 Å². The summed E-state index contributed by atoms with van der Waals surface area (Å²) in [4.78, 5) is 9.15. The lowest BCUT2D eigenvalue weighted by atomic mass is 9.96. The lowest BCUT2D eigenvalue weighted by Gasteiger charge is -2.40. The molecule has 2 aromatic carbocycles. The number of rotatable bonds is 5. The summed E-state index contributed by atoms with van der Waals surface area (Å²) in [6.45, 7) is 5.12. The Morgan fingerprint density at radius 1 is 0.912 bits per heavy atom. The standard InChI is InChI=1S/C26H25F2N5.ClH/c1-18-22(17-30-31-18)26(19-8-10-20(27)11-9-19)33-15-13-32(14-16-33)24-7-4-12-29-25(24)21-5-2-3-6-23(21)28;/h2-12,17,26H,13-16H2,1H3,(H,30,31);1H. The molecule has 1 aliphatic rings. The minimum atomic E-state index is -0.275. The van der Waals surface area contributed by atoms with Crippen molar-refractivity contribution in [2.45, 2.75) is 13.0 Å². The van der Waals surface area contributed by atoms with Gasteiger partial charge in [0.2, 0.25) is 0 Å². The molecule has 1 aliphatic heterocycles. The predicted octanol–water partition coefficient (Wildman–Crippen LogP) is 5.39. The number of hydrogen-bond donors (Lipinski definition) is 1. The van der Waals surface area contributed by atoms with Crippen LogP contribution in [0.4, 0.5) is 14.5 Å². The van der Waals surface area contributed by atoms with Gasteiger partial charge in [-0.3, -0.25) is 15.0 Å². The van der Waals surface area contributed by atoms with Gasteiger partial charge in [-0.2, -0.15) is 5.10 Å². The maximum absolute atomic E-state index is 14.5. The van der Waals surface area contributed by atoms with E-state index in [0.29, 0.717) is 11.3 Å². The molecule has 0 radical (unpaired) electrons. The Morgan fingerprint density at radius 3 is 2.32 bits per heavy atom. The lowest BCUT2D eigenvalue weighted by molar-refractivity contribution is 0.212. The van der Waals surface area contributed by atoms with Crippen LogP contribution in [-0.4, -0.2) is 46.3 Å². The molecule has 0 bridgehead atoms. The third-order valence-corrected chi connectivity index (χ3v) is 6.28. The number of hydrogen-bond acceptors (Lipinski definition) is 4. The SMILES string of the molecule is Cc1[nH]ncc1C(c1ccc(F)cc1)N1CCN(c2cccnc2-c2ccccc2F)CC1.Cl. The Balaban J connectivity index is 0.00000274. The van der Waals surface area contributed by atoms with Gasteiger partial charge in [0, 0.05) is 49.2 Å². The average Bonchev–Trinajstić information content (AvgIpc) is 3.27. The number of nitrogens with zero attached hydrogens (tertiary/aromatic N) is 4. The van der Waals surface area contributed by atoms with Gasteiger partial charge in [0.25, 0.3) is 0 Å². The van der Waals surface area contributed by atoms with Gasteiger partial charge in [-0.1, -0.05) is 24.3 Å². The normalized spacial score (nSPS) is 15.1. The largest absolute Gasteiger partial charge is 0.367 e. The van der Waals surface area contributed by atoms with E-state index in [1.54, 1.807) is 18.3 Å². The maximum Gasteiger partial charge on any atom is 0.132 e. The summed E-state index contributed by atoms with van der Waals surface area (Å²) < 4.78 is 28.1. The molecular formula is C26H26ClF2N5. The molecule has 1 saturated heterocycles. The summed E-state index contributed by atoms with van der Waals surface area (Å²) in [5.41, 5.74) is 5.21. The van der Waals surface area contributed by atoms with Crippen molar-refractivity contribution in [3.05, 3.63) is 102 Å². The first-order valence-electron chi connectivity index (χ1n) is 11.1. The first kappa shape index (κ1) is 23.9. The molecule has 34 heavy (non-hydrogen) atoms. The second-order valence-corrected chi connectivity index (χ2v) is 8.28. The highest BCUT2D eigenvalue weighted by Gasteiger charge is 2.29. The number of H-pyrrole nitrogens is 1. The molecule has 1 N–H and O–H groups in total. The van der Waals surface area contributed by atoms with Crippen molar-refractivity contribution in [2.24, 2.45) is 0 Å². The minimum Gasteiger partial charge on any atom is -0.367 e. The van der Waals surface area contributed by atoms with Crippen LogP contribution in [-0.2, 0) is 0 Å². The topological polar surface area (TPSA) is 48.1 Å². The zero-order valence-electron chi connectivity index (χ0n) is 18.8. The summed E-state index contributed by atoms with van der Waals surface area (Å²) in [7, 11) is 0. The highest BCUT2D eigenvalue weighted by Crippen LogP contribution is 2.34. The molecule has 1 unspecified atom stereocenters. The van der Waals surface area contributed by atoms with Gasteiger partial charge < -0.3 is 4.90 Å². The number of aromatic nitrogens is 3. The Kier molecular flexibility index (Phi) is 7.24. The van der Waals surface area contributed by atoms with Crippen LogP contribution in [0.1, 0.15) is 22.9 Å². The number of benzene rings is 2. The van der Waals surface area contributed by atoms with E-state index in [1.165, 1.54) is 18.2 Å². The zero-order chi connectivity index (χ0) is 22.8.